The molecule has 0 saturated heterocycles. The number of urea groups is 1. The van der Waals surface area contributed by atoms with Crippen molar-refractivity contribution in [2.24, 2.45) is 5.41 Å². The van der Waals surface area contributed by atoms with Gasteiger partial charge in [0.2, 0.25) is 0 Å². The second-order valence-corrected chi connectivity index (χ2v) is 7.11. The number of aromatic nitrogens is 2. The summed E-state index contributed by atoms with van der Waals surface area (Å²) in [5.74, 6) is 0. The lowest BCUT2D eigenvalue weighted by molar-refractivity contribution is -0.169. The Morgan fingerprint density at radius 2 is 2.12 bits per heavy atom. The number of nitrogens with zero attached hydrogens (tertiary/aromatic N) is 2. The first kappa shape index (κ1) is 17.3. The van der Waals surface area contributed by atoms with Crippen LogP contribution in [0.4, 0.5) is 4.79 Å². The molecule has 134 valence electrons. The standard InChI is InChI=1S/C18H30N4O2/c1-5-22-13(4)14(12(3)21-22)11-19-17(23)20-15-10-16(24-6-2)18(15)8-7-9-18/h15-16H,5-11H2,1-4H3,(H2,19,20,23)/t15-,16-/m1/s1. The van der Waals surface area contributed by atoms with E-state index >= 15 is 0 Å². The van der Waals surface area contributed by atoms with E-state index in [1.165, 1.54) is 19.3 Å². The average Bonchev–Trinajstić information content (AvgIpc) is 2.76. The van der Waals surface area contributed by atoms with Gasteiger partial charge in [0.25, 0.3) is 0 Å². The quantitative estimate of drug-likeness (QED) is 0.840. The van der Waals surface area contributed by atoms with Crippen molar-refractivity contribution < 1.29 is 9.53 Å². The number of hydrogen-bond donors (Lipinski definition) is 2. The Hall–Kier alpha value is -1.56. The first-order valence-electron chi connectivity index (χ1n) is 9.20. The maximum absolute atomic E-state index is 12.3. The highest BCUT2D eigenvalue weighted by atomic mass is 16.5. The number of ether oxygens (including phenoxy) is 1. The fourth-order valence-electron chi connectivity index (χ4n) is 4.32. The van der Waals surface area contributed by atoms with Gasteiger partial charge in [-0.15, -0.1) is 0 Å². The van der Waals surface area contributed by atoms with Gasteiger partial charge in [0, 0.05) is 42.4 Å². The molecule has 1 aromatic heterocycles. The zero-order valence-corrected chi connectivity index (χ0v) is 15.3. The second kappa shape index (κ2) is 6.75. The summed E-state index contributed by atoms with van der Waals surface area (Å²) < 4.78 is 7.82. The number of carbonyl (C=O) groups excluding carboxylic acids is 1. The zero-order valence-electron chi connectivity index (χ0n) is 15.3. The van der Waals surface area contributed by atoms with E-state index in [4.69, 9.17) is 4.74 Å². The minimum atomic E-state index is -0.0794. The molecule has 0 bridgehead atoms. The molecule has 2 N–H and O–H groups in total. The van der Waals surface area contributed by atoms with Gasteiger partial charge in [0.1, 0.15) is 0 Å². The van der Waals surface area contributed by atoms with Gasteiger partial charge in [0.15, 0.2) is 0 Å². The summed E-state index contributed by atoms with van der Waals surface area (Å²) in [6.07, 6.45) is 4.85. The predicted octanol–water partition coefficient (Wildman–Crippen LogP) is 2.67. The molecule has 0 radical (unpaired) electrons. The number of hydrogen-bond acceptors (Lipinski definition) is 3. The van der Waals surface area contributed by atoms with Crippen molar-refractivity contribution in [2.75, 3.05) is 6.61 Å². The first-order chi connectivity index (χ1) is 11.5. The molecule has 3 rings (SSSR count). The van der Waals surface area contributed by atoms with E-state index in [1.54, 1.807) is 0 Å². The monoisotopic (exact) mass is 334 g/mol. The van der Waals surface area contributed by atoms with Crippen LogP contribution in [-0.2, 0) is 17.8 Å². The number of amides is 2. The lowest BCUT2D eigenvalue weighted by Gasteiger charge is -2.60. The Balaban J connectivity index is 1.53. The highest BCUT2D eigenvalue weighted by Gasteiger charge is 2.59. The summed E-state index contributed by atoms with van der Waals surface area (Å²) in [6.45, 7) is 10.3. The van der Waals surface area contributed by atoms with Crippen LogP contribution >= 0.6 is 0 Å². The van der Waals surface area contributed by atoms with Gasteiger partial charge in [0.05, 0.1) is 11.8 Å². The second-order valence-electron chi connectivity index (χ2n) is 7.11. The van der Waals surface area contributed by atoms with Crippen LogP contribution in [0, 0.1) is 19.3 Å². The molecule has 0 aliphatic heterocycles. The van der Waals surface area contributed by atoms with E-state index in [0.29, 0.717) is 12.6 Å². The van der Waals surface area contributed by atoms with Crippen LogP contribution in [0.2, 0.25) is 0 Å². The topological polar surface area (TPSA) is 68.2 Å². The van der Waals surface area contributed by atoms with Gasteiger partial charge in [-0.25, -0.2) is 4.79 Å². The highest BCUT2D eigenvalue weighted by molar-refractivity contribution is 5.74. The van der Waals surface area contributed by atoms with Crippen LogP contribution in [0.1, 0.15) is 56.5 Å². The summed E-state index contributed by atoms with van der Waals surface area (Å²) in [7, 11) is 0. The lowest BCUT2D eigenvalue weighted by Crippen LogP contribution is -2.68. The molecular formula is C18H30N4O2. The third kappa shape index (κ3) is 2.81. The van der Waals surface area contributed by atoms with Crippen LogP contribution in [-0.4, -0.2) is 34.6 Å². The van der Waals surface area contributed by atoms with Crippen LogP contribution in [0.3, 0.4) is 0 Å². The first-order valence-corrected chi connectivity index (χ1v) is 9.20. The van der Waals surface area contributed by atoms with Gasteiger partial charge in [-0.2, -0.15) is 5.10 Å². The van der Waals surface area contributed by atoms with Crippen LogP contribution in [0.15, 0.2) is 0 Å². The third-order valence-corrected chi connectivity index (χ3v) is 6.00. The molecule has 0 unspecified atom stereocenters. The maximum Gasteiger partial charge on any atom is 0.315 e. The van der Waals surface area contributed by atoms with Crippen molar-refractivity contribution in [1.29, 1.82) is 0 Å². The predicted molar refractivity (Wildman–Crippen MR) is 92.8 cm³/mol. The Kier molecular flexibility index (Phi) is 4.85. The molecule has 0 aromatic carbocycles. The Labute approximate surface area is 144 Å². The molecule has 1 aromatic rings. The molecule has 2 aliphatic carbocycles. The minimum absolute atomic E-state index is 0.0794. The molecule has 2 atom stereocenters. The van der Waals surface area contributed by atoms with E-state index in [1.807, 2.05) is 18.5 Å². The number of aryl methyl sites for hydroxylation is 2. The van der Waals surface area contributed by atoms with Gasteiger partial charge < -0.3 is 15.4 Å². The number of nitrogens with one attached hydrogen (secondary N) is 2. The van der Waals surface area contributed by atoms with E-state index in [9.17, 15) is 4.79 Å². The van der Waals surface area contributed by atoms with Crippen LogP contribution in [0.5, 0.6) is 0 Å². The minimum Gasteiger partial charge on any atom is -0.378 e. The van der Waals surface area contributed by atoms with Gasteiger partial charge in [-0.3, -0.25) is 4.68 Å². The summed E-state index contributed by atoms with van der Waals surface area (Å²) in [6, 6.07) is 0.174. The molecule has 2 fully saturated rings. The molecule has 6 heteroatoms. The van der Waals surface area contributed by atoms with Crippen molar-refractivity contribution in [1.82, 2.24) is 20.4 Å². The average molecular weight is 334 g/mol. The molecule has 1 spiro atoms. The third-order valence-electron chi connectivity index (χ3n) is 6.00. The normalized spacial score (nSPS) is 24.3. The van der Waals surface area contributed by atoms with Crippen molar-refractivity contribution in [3.63, 3.8) is 0 Å². The molecule has 2 aliphatic rings. The Morgan fingerprint density at radius 3 is 2.67 bits per heavy atom. The van der Waals surface area contributed by atoms with Crippen molar-refractivity contribution in [3.8, 4) is 0 Å². The van der Waals surface area contributed by atoms with E-state index in [-0.39, 0.29) is 17.5 Å². The van der Waals surface area contributed by atoms with Gasteiger partial charge >= 0.3 is 6.03 Å². The largest absolute Gasteiger partial charge is 0.378 e. The smallest absolute Gasteiger partial charge is 0.315 e. The summed E-state index contributed by atoms with van der Waals surface area (Å²) in [5.41, 5.74) is 3.44. The zero-order chi connectivity index (χ0) is 17.3. The fraction of sp³-hybridized carbons (Fsp3) is 0.778. The maximum atomic E-state index is 12.3. The SMILES string of the molecule is CCO[C@@H]1C[C@@H](NC(=O)NCc2c(C)nn(CC)c2C)C12CCC2. The van der Waals surface area contributed by atoms with Crippen molar-refractivity contribution in [2.45, 2.75) is 78.6 Å². The van der Waals surface area contributed by atoms with Crippen LogP contribution in [0.25, 0.3) is 0 Å². The molecular weight excluding hydrogens is 304 g/mol. The molecule has 24 heavy (non-hydrogen) atoms. The van der Waals surface area contributed by atoms with E-state index in [2.05, 4.69) is 29.6 Å². The molecule has 2 amide bonds. The van der Waals surface area contributed by atoms with E-state index in [0.717, 1.165) is 36.5 Å². The highest BCUT2D eigenvalue weighted by Crippen LogP contribution is 2.57. The number of carbonyl (C=O) groups is 1. The summed E-state index contributed by atoms with van der Waals surface area (Å²) in [4.78, 5) is 12.3. The van der Waals surface area contributed by atoms with Gasteiger partial charge in [-0.1, -0.05) is 6.42 Å². The lowest BCUT2D eigenvalue weighted by atomic mass is 9.51. The van der Waals surface area contributed by atoms with Crippen molar-refractivity contribution in [3.05, 3.63) is 17.0 Å². The molecule has 2 saturated carbocycles. The summed E-state index contributed by atoms with van der Waals surface area (Å²) in [5, 5.41) is 10.7. The molecule has 1 heterocycles. The molecule has 6 nitrogen and oxygen atoms in total. The fourth-order valence-corrected chi connectivity index (χ4v) is 4.32. The number of rotatable bonds is 6. The Morgan fingerprint density at radius 1 is 1.38 bits per heavy atom. The summed E-state index contributed by atoms with van der Waals surface area (Å²) >= 11 is 0. The van der Waals surface area contributed by atoms with E-state index < -0.39 is 0 Å². The van der Waals surface area contributed by atoms with Crippen molar-refractivity contribution >= 4 is 6.03 Å². The Bertz CT molecular complexity index is 606. The van der Waals surface area contributed by atoms with Gasteiger partial charge in [-0.05, 0) is 47.0 Å². The van der Waals surface area contributed by atoms with Crippen LogP contribution < -0.4 is 10.6 Å².